The molecule has 0 aliphatic heterocycles. The van der Waals surface area contributed by atoms with Crippen molar-refractivity contribution in [2.75, 3.05) is 26.7 Å². The molecule has 0 spiro atoms. The molecule has 0 aliphatic rings. The molecule has 1 aromatic heterocycles. The second-order valence-electron chi connectivity index (χ2n) is 5.35. The zero-order valence-corrected chi connectivity index (χ0v) is 16.0. The summed E-state index contributed by atoms with van der Waals surface area (Å²) in [5.41, 5.74) is 0.990. The first-order valence-electron chi connectivity index (χ1n) is 8.11. The first-order valence-corrected chi connectivity index (χ1v) is 9.97. The molecule has 0 fully saturated rings. The van der Waals surface area contributed by atoms with Gasteiger partial charge >= 0.3 is 0 Å². The average molecular weight is 396 g/mol. The lowest BCUT2D eigenvalue weighted by atomic mass is 10.3. The highest BCUT2D eigenvalue weighted by atomic mass is 35.5. The van der Waals surface area contributed by atoms with Crippen molar-refractivity contribution in [3.8, 4) is 0 Å². The number of aromatic nitrogens is 1. The molecule has 0 aliphatic carbocycles. The summed E-state index contributed by atoms with van der Waals surface area (Å²) in [4.78, 5) is 8.50. The van der Waals surface area contributed by atoms with Crippen LogP contribution >= 0.6 is 11.6 Å². The van der Waals surface area contributed by atoms with Gasteiger partial charge in [0.05, 0.1) is 4.90 Å². The van der Waals surface area contributed by atoms with Crippen molar-refractivity contribution < 1.29 is 8.42 Å². The van der Waals surface area contributed by atoms with Crippen LogP contribution in [-0.2, 0) is 16.4 Å². The maximum absolute atomic E-state index is 12.2. The number of guanidine groups is 1. The number of pyridine rings is 1. The van der Waals surface area contributed by atoms with Gasteiger partial charge in [-0.25, -0.2) is 13.1 Å². The Bertz CT molecular complexity index is 828. The largest absolute Gasteiger partial charge is 0.356 e. The summed E-state index contributed by atoms with van der Waals surface area (Å²) < 4.78 is 26.9. The Morgan fingerprint density at radius 1 is 1.12 bits per heavy atom. The summed E-state index contributed by atoms with van der Waals surface area (Å²) in [6.07, 6.45) is 2.53. The molecule has 0 bridgehead atoms. The van der Waals surface area contributed by atoms with Gasteiger partial charge in [-0.3, -0.25) is 9.98 Å². The monoisotopic (exact) mass is 395 g/mol. The lowest BCUT2D eigenvalue weighted by molar-refractivity contribution is 0.580. The van der Waals surface area contributed by atoms with Crippen LogP contribution in [0.3, 0.4) is 0 Å². The van der Waals surface area contributed by atoms with Gasteiger partial charge in [0.1, 0.15) is 0 Å². The van der Waals surface area contributed by atoms with Gasteiger partial charge in [0.25, 0.3) is 0 Å². The van der Waals surface area contributed by atoms with E-state index in [9.17, 15) is 8.42 Å². The maximum Gasteiger partial charge on any atom is 0.240 e. The lowest BCUT2D eigenvalue weighted by Crippen LogP contribution is -2.42. The number of rotatable bonds is 8. The Hall–Kier alpha value is -2.16. The van der Waals surface area contributed by atoms with Crippen LogP contribution in [0.1, 0.15) is 5.69 Å². The summed E-state index contributed by atoms with van der Waals surface area (Å²) in [5.74, 6) is 0.600. The predicted octanol–water partition coefficient (Wildman–Crippen LogP) is 1.42. The Morgan fingerprint density at radius 2 is 1.92 bits per heavy atom. The molecule has 7 nitrogen and oxygen atoms in total. The molecule has 0 saturated carbocycles. The third kappa shape index (κ3) is 6.62. The van der Waals surface area contributed by atoms with E-state index in [0.29, 0.717) is 24.1 Å². The first kappa shape index (κ1) is 20.2. The third-order valence-corrected chi connectivity index (χ3v) is 5.13. The van der Waals surface area contributed by atoms with Gasteiger partial charge in [-0.05, 0) is 30.3 Å². The molecule has 0 saturated heterocycles. The number of halogens is 1. The molecule has 9 heteroatoms. The first-order chi connectivity index (χ1) is 12.5. The average Bonchev–Trinajstić information content (AvgIpc) is 2.64. The number of benzene rings is 1. The Morgan fingerprint density at radius 3 is 2.62 bits per heavy atom. The zero-order valence-electron chi connectivity index (χ0n) is 14.4. The number of nitrogens with zero attached hydrogens (tertiary/aromatic N) is 2. The van der Waals surface area contributed by atoms with Crippen molar-refractivity contribution in [1.29, 1.82) is 0 Å². The van der Waals surface area contributed by atoms with Gasteiger partial charge in [-0.15, -0.1) is 0 Å². The fraction of sp³-hybridized carbons (Fsp3) is 0.294. The molecule has 1 heterocycles. The van der Waals surface area contributed by atoms with Crippen LogP contribution in [0.2, 0.25) is 5.02 Å². The van der Waals surface area contributed by atoms with E-state index < -0.39 is 10.0 Å². The SMILES string of the molecule is CN=C(NCCNS(=O)(=O)c1cccc(Cl)c1)NCCc1ccccn1. The lowest BCUT2D eigenvalue weighted by Gasteiger charge is -2.12. The second-order valence-corrected chi connectivity index (χ2v) is 7.56. The van der Waals surface area contributed by atoms with Gasteiger partial charge in [0.15, 0.2) is 5.96 Å². The summed E-state index contributed by atoms with van der Waals surface area (Å²) in [6, 6.07) is 11.9. The van der Waals surface area contributed by atoms with Crippen molar-refractivity contribution in [3.05, 3.63) is 59.4 Å². The molecule has 1 aromatic carbocycles. The summed E-state index contributed by atoms with van der Waals surface area (Å²) in [5, 5.41) is 6.59. The molecular formula is C17H22ClN5O2S. The Balaban J connectivity index is 1.72. The van der Waals surface area contributed by atoms with Crippen LogP contribution < -0.4 is 15.4 Å². The number of aliphatic imine (C=N–C) groups is 1. The number of hydrogen-bond acceptors (Lipinski definition) is 4. The molecule has 2 rings (SSSR count). The van der Waals surface area contributed by atoms with Crippen LogP contribution in [0, 0.1) is 0 Å². The van der Waals surface area contributed by atoms with E-state index in [-0.39, 0.29) is 11.4 Å². The minimum absolute atomic E-state index is 0.142. The molecule has 0 radical (unpaired) electrons. The zero-order chi connectivity index (χ0) is 18.8. The predicted molar refractivity (Wildman–Crippen MR) is 104 cm³/mol. The summed E-state index contributed by atoms with van der Waals surface area (Å²) >= 11 is 5.83. The van der Waals surface area contributed by atoms with Crippen LogP contribution in [0.4, 0.5) is 0 Å². The summed E-state index contributed by atoms with van der Waals surface area (Å²) in [6.45, 7) is 1.28. The van der Waals surface area contributed by atoms with E-state index in [1.165, 1.54) is 12.1 Å². The highest BCUT2D eigenvalue weighted by Gasteiger charge is 2.13. The van der Waals surface area contributed by atoms with Crippen LogP contribution in [-0.4, -0.2) is 46.0 Å². The van der Waals surface area contributed by atoms with Crippen LogP contribution in [0.5, 0.6) is 0 Å². The molecule has 2 aromatic rings. The topological polar surface area (TPSA) is 95.5 Å². The molecule has 0 unspecified atom stereocenters. The maximum atomic E-state index is 12.2. The summed E-state index contributed by atoms with van der Waals surface area (Å²) in [7, 11) is -1.92. The smallest absolute Gasteiger partial charge is 0.240 e. The fourth-order valence-corrected chi connectivity index (χ4v) is 3.49. The van der Waals surface area contributed by atoms with E-state index >= 15 is 0 Å². The quantitative estimate of drug-likeness (QED) is 0.357. The fourth-order valence-electron chi connectivity index (χ4n) is 2.16. The number of sulfonamides is 1. The molecule has 0 atom stereocenters. The molecular weight excluding hydrogens is 374 g/mol. The van der Waals surface area contributed by atoms with Crippen molar-refractivity contribution in [2.45, 2.75) is 11.3 Å². The Kier molecular flexibility index (Phi) is 7.83. The van der Waals surface area contributed by atoms with E-state index in [2.05, 4.69) is 25.3 Å². The van der Waals surface area contributed by atoms with E-state index in [1.807, 2.05) is 18.2 Å². The highest BCUT2D eigenvalue weighted by molar-refractivity contribution is 7.89. The van der Waals surface area contributed by atoms with Gasteiger partial charge in [-0.1, -0.05) is 23.7 Å². The van der Waals surface area contributed by atoms with Crippen LogP contribution in [0.15, 0.2) is 58.5 Å². The molecule has 26 heavy (non-hydrogen) atoms. The molecule has 0 amide bonds. The van der Waals surface area contributed by atoms with Gasteiger partial charge < -0.3 is 10.6 Å². The number of hydrogen-bond donors (Lipinski definition) is 3. The number of nitrogens with one attached hydrogen (secondary N) is 3. The normalized spacial score (nSPS) is 12.0. The second kappa shape index (κ2) is 10.1. The molecule has 3 N–H and O–H groups in total. The van der Waals surface area contributed by atoms with E-state index in [1.54, 1.807) is 25.4 Å². The molecule has 140 valence electrons. The Labute approximate surface area is 159 Å². The van der Waals surface area contributed by atoms with Crippen LogP contribution in [0.25, 0.3) is 0 Å². The van der Waals surface area contributed by atoms with Crippen molar-refractivity contribution in [3.63, 3.8) is 0 Å². The van der Waals surface area contributed by atoms with E-state index in [0.717, 1.165) is 12.1 Å². The van der Waals surface area contributed by atoms with Crippen molar-refractivity contribution in [1.82, 2.24) is 20.3 Å². The van der Waals surface area contributed by atoms with Gasteiger partial charge in [0.2, 0.25) is 10.0 Å². The van der Waals surface area contributed by atoms with Gasteiger partial charge in [-0.2, -0.15) is 0 Å². The minimum Gasteiger partial charge on any atom is -0.356 e. The highest BCUT2D eigenvalue weighted by Crippen LogP contribution is 2.14. The van der Waals surface area contributed by atoms with Crippen molar-refractivity contribution in [2.24, 2.45) is 4.99 Å². The van der Waals surface area contributed by atoms with Crippen molar-refractivity contribution >= 4 is 27.6 Å². The van der Waals surface area contributed by atoms with E-state index in [4.69, 9.17) is 11.6 Å². The third-order valence-electron chi connectivity index (χ3n) is 3.44. The minimum atomic E-state index is -3.58. The van der Waals surface area contributed by atoms with Gasteiger partial charge in [0, 0.05) is 50.0 Å². The standard InChI is InChI=1S/C17H22ClN5O2S/c1-19-17(21-10-8-15-6-2-3-9-20-15)22-11-12-23-26(24,25)16-7-4-5-14(18)13-16/h2-7,9,13,23H,8,10-12H2,1H3,(H2,19,21,22).